The number of carboxylic acids is 1. The number of halogens is 1. The van der Waals surface area contributed by atoms with Gasteiger partial charge in [0.25, 0.3) is 11.8 Å². The summed E-state index contributed by atoms with van der Waals surface area (Å²) >= 11 is 5.81. The number of carbonyl (C=O) groups is 3. The third kappa shape index (κ3) is 2.18. The maximum Gasteiger partial charge on any atom is 0.323 e. The molecule has 1 aromatic rings. The average molecular weight is 338 g/mol. The number of para-hydroxylation sites is 1. The first-order valence-corrected chi connectivity index (χ1v) is 7.22. The van der Waals surface area contributed by atoms with E-state index in [1.807, 2.05) is 0 Å². The third-order valence-corrected chi connectivity index (χ3v) is 4.57. The Morgan fingerprint density at radius 2 is 2.14 bits per heavy atom. The number of nitrogens with zero attached hydrogens (tertiary/aromatic N) is 1. The van der Waals surface area contributed by atoms with Gasteiger partial charge in [-0.1, -0.05) is 36.1 Å². The van der Waals surface area contributed by atoms with E-state index in [4.69, 9.17) is 17.3 Å². The van der Waals surface area contributed by atoms with Crippen molar-refractivity contribution in [2.75, 3.05) is 11.9 Å². The predicted molar refractivity (Wildman–Crippen MR) is 81.5 cm³/mol. The van der Waals surface area contributed by atoms with E-state index in [1.54, 1.807) is 0 Å². The van der Waals surface area contributed by atoms with Crippen LogP contribution in [0, 0.1) is 5.82 Å². The molecule has 0 unspecified atom stereocenters. The Morgan fingerprint density at radius 3 is 2.82 bits per heavy atom. The van der Waals surface area contributed by atoms with Gasteiger partial charge in [0, 0.05) is 5.56 Å². The van der Waals surface area contributed by atoms with Crippen LogP contribution in [0.3, 0.4) is 0 Å². The number of nitrogens with one attached hydrogen (secondary N) is 1. The number of benzene rings is 1. The minimum atomic E-state index is -1.22. The fourth-order valence-electron chi connectivity index (χ4n) is 2.20. The molecule has 0 bridgehead atoms. The third-order valence-electron chi connectivity index (χ3n) is 3.12. The van der Waals surface area contributed by atoms with Crippen LogP contribution in [-0.4, -0.2) is 38.7 Å². The quantitative estimate of drug-likeness (QED) is 0.627. The number of hydrogen-bond acceptors (Lipinski definition) is 5. The number of thioether (sulfide) groups is 1. The Kier molecular flexibility index (Phi) is 3.45. The highest BCUT2D eigenvalue weighted by Gasteiger charge is 2.40. The van der Waals surface area contributed by atoms with E-state index in [2.05, 4.69) is 5.32 Å². The summed E-state index contributed by atoms with van der Waals surface area (Å²) in [5, 5.41) is 11.2. The fraction of sp³-hybridized carbons (Fsp3) is 0.0769. The smallest absolute Gasteiger partial charge is 0.323 e. The number of rotatable bonds is 2. The molecule has 6 nitrogen and oxygen atoms in total. The minimum Gasteiger partial charge on any atom is -0.480 e. The molecule has 2 N–H and O–H groups in total. The van der Waals surface area contributed by atoms with Crippen LogP contribution in [0.15, 0.2) is 23.1 Å². The van der Waals surface area contributed by atoms with Crippen molar-refractivity contribution in [2.45, 2.75) is 0 Å². The molecule has 9 heteroatoms. The van der Waals surface area contributed by atoms with E-state index >= 15 is 0 Å². The first-order chi connectivity index (χ1) is 10.4. The molecule has 0 spiro atoms. The molecule has 2 aliphatic rings. The summed E-state index contributed by atoms with van der Waals surface area (Å²) in [5.74, 6) is -3.11. The molecule has 0 aromatic heterocycles. The van der Waals surface area contributed by atoms with Crippen LogP contribution in [0.2, 0.25) is 0 Å². The van der Waals surface area contributed by atoms with E-state index in [-0.39, 0.29) is 26.0 Å². The summed E-state index contributed by atoms with van der Waals surface area (Å²) < 4.78 is 13.8. The number of amides is 2. The van der Waals surface area contributed by atoms with Gasteiger partial charge in [-0.05, 0) is 6.07 Å². The van der Waals surface area contributed by atoms with Crippen LogP contribution in [0.25, 0.3) is 5.57 Å². The van der Waals surface area contributed by atoms with Crippen molar-refractivity contribution in [3.63, 3.8) is 0 Å². The summed E-state index contributed by atoms with van der Waals surface area (Å²) in [6, 6.07) is 4.12. The topological polar surface area (TPSA) is 86.7 Å². The number of aliphatic carboxylic acids is 1. The molecule has 1 aromatic carbocycles. The number of carboxylic acid groups (broad SMARTS) is 1. The highest BCUT2D eigenvalue weighted by atomic mass is 32.2. The van der Waals surface area contributed by atoms with Gasteiger partial charge in [0.1, 0.15) is 16.7 Å². The number of fused-ring (bicyclic) bond motifs is 1. The van der Waals surface area contributed by atoms with Crippen molar-refractivity contribution in [2.24, 2.45) is 0 Å². The second-order valence-electron chi connectivity index (χ2n) is 4.47. The summed E-state index contributed by atoms with van der Waals surface area (Å²) in [4.78, 5) is 36.1. The highest BCUT2D eigenvalue weighted by Crippen LogP contribution is 2.42. The minimum absolute atomic E-state index is 0.00556. The molecule has 2 heterocycles. The maximum atomic E-state index is 13.7. The second kappa shape index (κ2) is 5.18. The number of carbonyl (C=O) groups excluding carboxylic acids is 2. The number of anilines is 1. The highest BCUT2D eigenvalue weighted by molar-refractivity contribution is 8.26. The largest absolute Gasteiger partial charge is 0.480 e. The second-order valence-corrected chi connectivity index (χ2v) is 6.12. The van der Waals surface area contributed by atoms with Gasteiger partial charge in [-0.15, -0.1) is 0 Å². The Hall–Kier alpha value is -2.26. The molecule has 22 heavy (non-hydrogen) atoms. The molecule has 0 aliphatic carbocycles. The van der Waals surface area contributed by atoms with Crippen LogP contribution in [0.5, 0.6) is 0 Å². The monoisotopic (exact) mass is 338 g/mol. The van der Waals surface area contributed by atoms with Gasteiger partial charge in [0.15, 0.2) is 0 Å². The Balaban J connectivity index is 2.11. The molecule has 1 saturated heterocycles. The first kappa shape index (κ1) is 14.7. The summed E-state index contributed by atoms with van der Waals surface area (Å²) in [6.07, 6.45) is 0. The van der Waals surface area contributed by atoms with Crippen molar-refractivity contribution < 1.29 is 23.9 Å². The van der Waals surface area contributed by atoms with E-state index in [9.17, 15) is 18.8 Å². The van der Waals surface area contributed by atoms with E-state index in [1.165, 1.54) is 18.2 Å². The van der Waals surface area contributed by atoms with E-state index in [0.717, 1.165) is 16.7 Å². The van der Waals surface area contributed by atoms with Crippen molar-refractivity contribution in [3.05, 3.63) is 34.5 Å². The van der Waals surface area contributed by atoms with Gasteiger partial charge >= 0.3 is 5.97 Å². The molecule has 1 fully saturated rings. The molecule has 2 amide bonds. The zero-order valence-electron chi connectivity index (χ0n) is 10.8. The molecular weight excluding hydrogens is 331 g/mol. The van der Waals surface area contributed by atoms with Gasteiger partial charge < -0.3 is 10.4 Å². The van der Waals surface area contributed by atoms with Gasteiger partial charge in [-0.2, -0.15) is 0 Å². The molecule has 0 radical (unpaired) electrons. The molecular formula is C13H7FN2O4S2. The summed E-state index contributed by atoms with van der Waals surface area (Å²) in [5.41, 5.74) is 0.284. The van der Waals surface area contributed by atoms with Gasteiger partial charge in [-0.3, -0.25) is 19.3 Å². The number of thiocarbonyl (C=S) groups is 1. The van der Waals surface area contributed by atoms with E-state index < -0.39 is 30.1 Å². The van der Waals surface area contributed by atoms with Crippen LogP contribution >= 0.6 is 24.0 Å². The Bertz CT molecular complexity index is 790. The number of hydrogen-bond donors (Lipinski definition) is 2. The van der Waals surface area contributed by atoms with Gasteiger partial charge in [0.05, 0.1) is 16.2 Å². The Morgan fingerprint density at radius 1 is 1.41 bits per heavy atom. The predicted octanol–water partition coefficient (Wildman–Crippen LogP) is 1.43. The maximum absolute atomic E-state index is 13.7. The molecule has 3 rings (SSSR count). The zero-order chi connectivity index (χ0) is 16.0. The van der Waals surface area contributed by atoms with Crippen LogP contribution in [0.1, 0.15) is 5.56 Å². The van der Waals surface area contributed by atoms with Crippen LogP contribution in [-0.2, 0) is 14.4 Å². The van der Waals surface area contributed by atoms with E-state index in [0.29, 0.717) is 0 Å². The molecule has 0 saturated carbocycles. The fourth-order valence-corrected chi connectivity index (χ4v) is 3.54. The molecule has 0 atom stereocenters. The standard InChI is InChI=1S/C13H7FN2O4S2/c14-6-3-1-2-5-8(11(19)15-9(5)6)10-12(20)16(4-7(17)18)13(21)22-10/h1-3H,4H2,(H,15,19)(H,17,18). The van der Waals surface area contributed by atoms with Crippen molar-refractivity contribution in [3.8, 4) is 0 Å². The summed E-state index contributed by atoms with van der Waals surface area (Å²) in [7, 11) is 0. The SMILES string of the molecule is O=C(O)CN1C(=O)C(=C2C(=O)Nc3c(F)cccc32)SC1=S. The zero-order valence-corrected chi connectivity index (χ0v) is 12.4. The molecule has 112 valence electrons. The Labute approximate surface area is 133 Å². The van der Waals surface area contributed by atoms with Gasteiger partial charge in [0.2, 0.25) is 0 Å². The normalized spacial score (nSPS) is 20.4. The van der Waals surface area contributed by atoms with Crippen LogP contribution in [0.4, 0.5) is 10.1 Å². The lowest BCUT2D eigenvalue weighted by Crippen LogP contribution is -2.33. The van der Waals surface area contributed by atoms with Crippen LogP contribution < -0.4 is 5.32 Å². The molecule has 2 aliphatic heterocycles. The van der Waals surface area contributed by atoms with Crippen molar-refractivity contribution in [1.82, 2.24) is 4.90 Å². The lowest BCUT2D eigenvalue weighted by atomic mass is 10.1. The van der Waals surface area contributed by atoms with Gasteiger partial charge in [-0.25, -0.2) is 4.39 Å². The lowest BCUT2D eigenvalue weighted by Gasteiger charge is -2.10. The average Bonchev–Trinajstić information content (AvgIpc) is 2.90. The summed E-state index contributed by atoms with van der Waals surface area (Å²) in [6.45, 7) is -0.584. The van der Waals surface area contributed by atoms with Crippen molar-refractivity contribution in [1.29, 1.82) is 0 Å². The van der Waals surface area contributed by atoms with Crippen molar-refractivity contribution >= 4 is 57.3 Å². The lowest BCUT2D eigenvalue weighted by molar-refractivity contribution is -0.140. The first-order valence-electron chi connectivity index (χ1n) is 6.00.